The fourth-order valence-electron chi connectivity index (χ4n) is 4.16. The zero-order chi connectivity index (χ0) is 19.6. The van der Waals surface area contributed by atoms with Gasteiger partial charge in [-0.25, -0.2) is 4.98 Å². The zero-order valence-electron chi connectivity index (χ0n) is 16.4. The van der Waals surface area contributed by atoms with Crippen molar-refractivity contribution in [3.8, 4) is 0 Å². The second-order valence-corrected chi connectivity index (χ2v) is 7.57. The summed E-state index contributed by atoms with van der Waals surface area (Å²) in [5.74, 6) is 1.76. The summed E-state index contributed by atoms with van der Waals surface area (Å²) in [6.45, 7) is 4.90. The van der Waals surface area contributed by atoms with Gasteiger partial charge in [0.05, 0.1) is 0 Å². The van der Waals surface area contributed by atoms with Crippen LogP contribution in [0.15, 0.2) is 48.8 Å². The van der Waals surface area contributed by atoms with Gasteiger partial charge in [-0.05, 0) is 30.4 Å². The number of aromatic nitrogens is 3. The number of hydrogen-bond acceptors (Lipinski definition) is 6. The van der Waals surface area contributed by atoms with Gasteiger partial charge < -0.3 is 14.7 Å². The Balaban J connectivity index is 1.29. The molecule has 2 aromatic heterocycles. The van der Waals surface area contributed by atoms with Crippen LogP contribution in [-0.2, 0) is 0 Å². The third-order valence-electron chi connectivity index (χ3n) is 5.78. The monoisotopic (exact) mass is 388 g/mol. The standard InChI is InChI=1S/C22H24N6O/c29-21(20-18-6-2-1-5-17(18)7-9-23-20)27-15-13-26(14-16-27)19-8-10-24-22(25-19)28-11-3-4-12-28/h1-2,5-10H,3-4,11-16H2. The molecule has 0 unspecified atom stereocenters. The van der Waals surface area contributed by atoms with Gasteiger partial charge in [0, 0.05) is 57.0 Å². The average molecular weight is 388 g/mol. The first-order valence-electron chi connectivity index (χ1n) is 10.3. The summed E-state index contributed by atoms with van der Waals surface area (Å²) in [5.41, 5.74) is 0.537. The molecule has 1 amide bonds. The first kappa shape index (κ1) is 17.8. The van der Waals surface area contributed by atoms with Crippen molar-refractivity contribution in [3.05, 3.63) is 54.5 Å². The van der Waals surface area contributed by atoms with Crippen LogP contribution >= 0.6 is 0 Å². The lowest BCUT2D eigenvalue weighted by Gasteiger charge is -2.35. The van der Waals surface area contributed by atoms with Crippen LogP contribution in [0.4, 0.5) is 11.8 Å². The van der Waals surface area contributed by atoms with Crippen LogP contribution in [0, 0.1) is 0 Å². The molecule has 29 heavy (non-hydrogen) atoms. The van der Waals surface area contributed by atoms with Gasteiger partial charge in [-0.15, -0.1) is 0 Å². The Labute approximate surface area is 170 Å². The number of nitrogens with zero attached hydrogens (tertiary/aromatic N) is 6. The average Bonchev–Trinajstić information content (AvgIpc) is 3.34. The molecule has 2 aliphatic heterocycles. The van der Waals surface area contributed by atoms with Gasteiger partial charge in [0.2, 0.25) is 5.95 Å². The second-order valence-electron chi connectivity index (χ2n) is 7.57. The van der Waals surface area contributed by atoms with Gasteiger partial charge in [0.15, 0.2) is 0 Å². The number of piperazine rings is 1. The lowest BCUT2D eigenvalue weighted by Crippen LogP contribution is -2.49. The highest BCUT2D eigenvalue weighted by molar-refractivity contribution is 6.05. The highest BCUT2D eigenvalue weighted by Crippen LogP contribution is 2.22. The van der Waals surface area contributed by atoms with Gasteiger partial charge in [-0.1, -0.05) is 24.3 Å². The molecular formula is C22H24N6O. The summed E-state index contributed by atoms with van der Waals surface area (Å²) in [4.78, 5) is 33.1. The van der Waals surface area contributed by atoms with Crippen molar-refractivity contribution in [3.63, 3.8) is 0 Å². The Morgan fingerprint density at radius 2 is 1.55 bits per heavy atom. The van der Waals surface area contributed by atoms with E-state index < -0.39 is 0 Å². The molecule has 1 aromatic carbocycles. The number of pyridine rings is 1. The molecule has 0 radical (unpaired) electrons. The molecule has 7 heteroatoms. The number of benzene rings is 1. The lowest BCUT2D eigenvalue weighted by molar-refractivity contribution is 0.0743. The van der Waals surface area contributed by atoms with E-state index in [1.807, 2.05) is 47.5 Å². The van der Waals surface area contributed by atoms with Gasteiger partial charge >= 0.3 is 0 Å². The van der Waals surface area contributed by atoms with Crippen molar-refractivity contribution in [2.45, 2.75) is 12.8 Å². The quantitative estimate of drug-likeness (QED) is 0.687. The van der Waals surface area contributed by atoms with Crippen LogP contribution in [0.1, 0.15) is 23.3 Å². The Bertz CT molecular complexity index is 1020. The molecule has 3 aromatic rings. The Kier molecular flexibility index (Phi) is 4.71. The Morgan fingerprint density at radius 1 is 0.793 bits per heavy atom. The summed E-state index contributed by atoms with van der Waals surface area (Å²) >= 11 is 0. The van der Waals surface area contributed by atoms with Gasteiger partial charge in [-0.2, -0.15) is 4.98 Å². The molecule has 0 N–H and O–H groups in total. The maximum absolute atomic E-state index is 13.1. The Hall–Kier alpha value is -3.22. The maximum atomic E-state index is 13.1. The molecule has 0 saturated carbocycles. The van der Waals surface area contributed by atoms with Crippen molar-refractivity contribution < 1.29 is 4.79 Å². The van der Waals surface area contributed by atoms with Crippen LogP contribution in [0.2, 0.25) is 0 Å². The fourth-order valence-corrected chi connectivity index (χ4v) is 4.16. The van der Waals surface area contributed by atoms with E-state index in [1.165, 1.54) is 12.8 Å². The van der Waals surface area contributed by atoms with E-state index in [2.05, 4.69) is 19.8 Å². The SMILES string of the molecule is O=C(c1nccc2ccccc12)N1CCN(c2ccnc(N3CCCC3)n2)CC1. The fraction of sp³-hybridized carbons (Fsp3) is 0.364. The van der Waals surface area contributed by atoms with E-state index in [4.69, 9.17) is 4.98 Å². The molecule has 2 fully saturated rings. The predicted molar refractivity (Wildman–Crippen MR) is 113 cm³/mol. The van der Waals surface area contributed by atoms with E-state index in [1.54, 1.807) is 6.20 Å². The number of anilines is 2. The minimum Gasteiger partial charge on any atom is -0.353 e. The molecule has 2 aliphatic rings. The normalized spacial score (nSPS) is 17.2. The van der Waals surface area contributed by atoms with Crippen molar-refractivity contribution in [2.24, 2.45) is 0 Å². The summed E-state index contributed by atoms with van der Waals surface area (Å²) in [7, 11) is 0. The van der Waals surface area contributed by atoms with Crippen molar-refractivity contribution in [1.29, 1.82) is 0 Å². The van der Waals surface area contributed by atoms with Crippen LogP contribution < -0.4 is 9.80 Å². The van der Waals surface area contributed by atoms with Crippen molar-refractivity contribution >= 4 is 28.4 Å². The molecule has 5 rings (SSSR count). The molecule has 4 heterocycles. The van der Waals surface area contributed by atoms with E-state index in [0.29, 0.717) is 18.8 Å². The van der Waals surface area contributed by atoms with Gasteiger partial charge in [0.25, 0.3) is 5.91 Å². The lowest BCUT2D eigenvalue weighted by atomic mass is 10.1. The minimum atomic E-state index is 0.00175. The second kappa shape index (κ2) is 7.66. The summed E-state index contributed by atoms with van der Waals surface area (Å²) < 4.78 is 0. The van der Waals surface area contributed by atoms with Crippen molar-refractivity contribution in [2.75, 3.05) is 49.1 Å². The van der Waals surface area contributed by atoms with Gasteiger partial charge in [-0.3, -0.25) is 9.78 Å². The molecule has 2 saturated heterocycles. The summed E-state index contributed by atoms with van der Waals surface area (Å²) in [6, 6.07) is 11.8. The van der Waals surface area contributed by atoms with Crippen LogP contribution in [0.25, 0.3) is 10.8 Å². The number of carbonyl (C=O) groups is 1. The molecule has 7 nitrogen and oxygen atoms in total. The number of rotatable bonds is 3. The highest BCUT2D eigenvalue weighted by atomic mass is 16.2. The van der Waals surface area contributed by atoms with Crippen LogP contribution in [0.3, 0.4) is 0 Å². The topological polar surface area (TPSA) is 65.5 Å². The molecule has 0 atom stereocenters. The maximum Gasteiger partial charge on any atom is 0.273 e. The minimum absolute atomic E-state index is 0.00175. The molecule has 0 spiro atoms. The number of amides is 1. The third-order valence-corrected chi connectivity index (χ3v) is 5.78. The first-order chi connectivity index (χ1) is 14.3. The van der Waals surface area contributed by atoms with Crippen LogP contribution in [0.5, 0.6) is 0 Å². The van der Waals surface area contributed by atoms with E-state index >= 15 is 0 Å². The molecule has 148 valence electrons. The Morgan fingerprint density at radius 3 is 2.38 bits per heavy atom. The van der Waals surface area contributed by atoms with Gasteiger partial charge in [0.1, 0.15) is 11.5 Å². The van der Waals surface area contributed by atoms with E-state index in [0.717, 1.165) is 48.7 Å². The third kappa shape index (κ3) is 3.48. The number of hydrogen-bond donors (Lipinski definition) is 0. The van der Waals surface area contributed by atoms with E-state index in [-0.39, 0.29) is 5.91 Å². The highest BCUT2D eigenvalue weighted by Gasteiger charge is 2.25. The number of carbonyl (C=O) groups excluding carboxylic acids is 1. The van der Waals surface area contributed by atoms with Crippen LogP contribution in [-0.4, -0.2) is 65.0 Å². The molecule has 0 bridgehead atoms. The molecule has 0 aliphatic carbocycles. The molecular weight excluding hydrogens is 364 g/mol. The smallest absolute Gasteiger partial charge is 0.273 e. The van der Waals surface area contributed by atoms with Crippen molar-refractivity contribution in [1.82, 2.24) is 19.9 Å². The first-order valence-corrected chi connectivity index (χ1v) is 10.3. The number of fused-ring (bicyclic) bond motifs is 1. The summed E-state index contributed by atoms with van der Waals surface area (Å²) in [5, 5.41) is 1.95. The predicted octanol–water partition coefficient (Wildman–Crippen LogP) is 2.59. The summed E-state index contributed by atoms with van der Waals surface area (Å²) in [6.07, 6.45) is 5.97. The van der Waals surface area contributed by atoms with E-state index in [9.17, 15) is 4.79 Å². The largest absolute Gasteiger partial charge is 0.353 e. The zero-order valence-corrected chi connectivity index (χ0v) is 16.4.